The van der Waals surface area contributed by atoms with Crippen LogP contribution in [0.4, 0.5) is 0 Å². The van der Waals surface area contributed by atoms with E-state index in [1.807, 2.05) is 47.4 Å². The van der Waals surface area contributed by atoms with Crippen LogP contribution < -0.4 is 9.47 Å². The summed E-state index contributed by atoms with van der Waals surface area (Å²) in [4.78, 5) is 23.4. The number of amides is 1. The second-order valence-corrected chi connectivity index (χ2v) is 6.61. The van der Waals surface area contributed by atoms with Gasteiger partial charge in [0.15, 0.2) is 11.5 Å². The fourth-order valence-corrected chi connectivity index (χ4v) is 3.46. The zero-order valence-corrected chi connectivity index (χ0v) is 15.9. The summed E-state index contributed by atoms with van der Waals surface area (Å²) >= 11 is 0. The lowest BCUT2D eigenvalue weighted by molar-refractivity contribution is 0.0728. The molecule has 0 saturated heterocycles. The number of fused-ring (bicyclic) bond motifs is 1. The second-order valence-electron chi connectivity index (χ2n) is 6.61. The minimum atomic E-state index is -0.0972. The number of carbonyl (C=O) groups is 1. The third kappa shape index (κ3) is 3.41. The summed E-state index contributed by atoms with van der Waals surface area (Å²) in [6, 6.07) is 15.5. The number of hydrogen-bond acceptors (Lipinski definition) is 5. The second kappa shape index (κ2) is 7.68. The highest BCUT2D eigenvalue weighted by atomic mass is 16.5. The summed E-state index contributed by atoms with van der Waals surface area (Å²) < 4.78 is 10.8. The Morgan fingerprint density at radius 3 is 2.39 bits per heavy atom. The molecule has 3 aromatic rings. The normalized spacial score (nSPS) is 13.0. The van der Waals surface area contributed by atoms with Crippen molar-refractivity contribution in [3.63, 3.8) is 0 Å². The largest absolute Gasteiger partial charge is 0.493 e. The van der Waals surface area contributed by atoms with Crippen molar-refractivity contribution in [3.8, 4) is 22.8 Å². The van der Waals surface area contributed by atoms with E-state index in [0.717, 1.165) is 23.2 Å². The maximum absolute atomic E-state index is 13.1. The Bertz CT molecular complexity index is 1010. The van der Waals surface area contributed by atoms with Gasteiger partial charge in [0.1, 0.15) is 12.0 Å². The highest BCUT2D eigenvalue weighted by molar-refractivity contribution is 5.93. The Hall–Kier alpha value is -3.41. The van der Waals surface area contributed by atoms with Crippen molar-refractivity contribution < 1.29 is 14.3 Å². The molecule has 0 atom stereocenters. The van der Waals surface area contributed by atoms with Crippen molar-refractivity contribution in [2.24, 2.45) is 0 Å². The van der Waals surface area contributed by atoms with E-state index in [4.69, 9.17) is 9.47 Å². The number of benzene rings is 2. The van der Waals surface area contributed by atoms with Crippen LogP contribution in [-0.4, -0.2) is 41.5 Å². The highest BCUT2D eigenvalue weighted by Gasteiger charge is 2.24. The molecule has 0 unspecified atom stereocenters. The molecule has 1 aliphatic heterocycles. The molecule has 28 heavy (non-hydrogen) atoms. The maximum atomic E-state index is 13.1. The molecule has 1 aliphatic rings. The molecule has 4 rings (SSSR count). The Kier molecular flexibility index (Phi) is 4.93. The Morgan fingerprint density at radius 2 is 1.68 bits per heavy atom. The summed E-state index contributed by atoms with van der Waals surface area (Å²) in [5.41, 5.74) is 4.34. The van der Waals surface area contributed by atoms with Gasteiger partial charge in [0, 0.05) is 18.7 Å². The van der Waals surface area contributed by atoms with Crippen molar-refractivity contribution in [2.45, 2.75) is 13.0 Å². The SMILES string of the molecule is COc1cc2c(cc1OC)CN(C(=O)c1cc(-c3ccccc3)ncn1)CC2. The first-order valence-electron chi connectivity index (χ1n) is 9.10. The van der Waals surface area contributed by atoms with Crippen LogP contribution in [0, 0.1) is 0 Å². The smallest absolute Gasteiger partial charge is 0.272 e. The van der Waals surface area contributed by atoms with Crippen LogP contribution in [0.3, 0.4) is 0 Å². The predicted molar refractivity (Wildman–Crippen MR) is 105 cm³/mol. The summed E-state index contributed by atoms with van der Waals surface area (Å²) in [5, 5.41) is 0. The molecule has 6 nitrogen and oxygen atoms in total. The number of hydrogen-bond donors (Lipinski definition) is 0. The Labute approximate surface area is 163 Å². The zero-order chi connectivity index (χ0) is 19.5. The van der Waals surface area contributed by atoms with Gasteiger partial charge in [-0.2, -0.15) is 0 Å². The van der Waals surface area contributed by atoms with E-state index in [1.165, 1.54) is 11.9 Å². The van der Waals surface area contributed by atoms with E-state index >= 15 is 0 Å². The lowest BCUT2D eigenvalue weighted by Crippen LogP contribution is -2.36. The summed E-state index contributed by atoms with van der Waals surface area (Å²) in [6.45, 7) is 1.14. The van der Waals surface area contributed by atoms with Gasteiger partial charge in [0.25, 0.3) is 5.91 Å². The molecule has 1 aromatic heterocycles. The van der Waals surface area contributed by atoms with Crippen molar-refractivity contribution in [1.82, 2.24) is 14.9 Å². The van der Waals surface area contributed by atoms with Gasteiger partial charge in [-0.05, 0) is 35.7 Å². The van der Waals surface area contributed by atoms with E-state index in [0.29, 0.717) is 30.3 Å². The molecular weight excluding hydrogens is 354 g/mol. The molecule has 0 spiro atoms. The van der Waals surface area contributed by atoms with Gasteiger partial charge in [-0.1, -0.05) is 30.3 Å². The molecule has 0 radical (unpaired) electrons. The van der Waals surface area contributed by atoms with Crippen LogP contribution in [0.25, 0.3) is 11.3 Å². The molecule has 2 heterocycles. The van der Waals surface area contributed by atoms with E-state index in [2.05, 4.69) is 9.97 Å². The molecular formula is C22H21N3O3. The van der Waals surface area contributed by atoms with Gasteiger partial charge >= 0.3 is 0 Å². The lowest BCUT2D eigenvalue weighted by Gasteiger charge is -2.29. The molecule has 0 fully saturated rings. The van der Waals surface area contributed by atoms with Crippen LogP contribution in [0.5, 0.6) is 11.5 Å². The van der Waals surface area contributed by atoms with Crippen LogP contribution in [0.15, 0.2) is 54.9 Å². The van der Waals surface area contributed by atoms with Crippen molar-refractivity contribution in [3.05, 3.63) is 71.7 Å². The predicted octanol–water partition coefficient (Wildman–Crippen LogP) is 3.36. The molecule has 6 heteroatoms. The molecule has 0 N–H and O–H groups in total. The zero-order valence-electron chi connectivity index (χ0n) is 15.9. The average Bonchev–Trinajstić information content (AvgIpc) is 2.77. The van der Waals surface area contributed by atoms with Crippen LogP contribution in [-0.2, 0) is 13.0 Å². The summed E-state index contributed by atoms with van der Waals surface area (Å²) in [5.74, 6) is 1.29. The molecule has 2 aromatic carbocycles. The molecule has 0 bridgehead atoms. The third-order valence-electron chi connectivity index (χ3n) is 4.96. The maximum Gasteiger partial charge on any atom is 0.272 e. The monoisotopic (exact) mass is 375 g/mol. The van der Waals surface area contributed by atoms with E-state index < -0.39 is 0 Å². The fourth-order valence-electron chi connectivity index (χ4n) is 3.46. The van der Waals surface area contributed by atoms with Gasteiger partial charge in [-0.25, -0.2) is 9.97 Å². The lowest BCUT2D eigenvalue weighted by atomic mass is 9.98. The fraction of sp³-hybridized carbons (Fsp3) is 0.227. The first kappa shape index (κ1) is 18.0. The minimum absolute atomic E-state index is 0.0972. The van der Waals surface area contributed by atoms with Gasteiger partial charge in [-0.3, -0.25) is 4.79 Å². The number of nitrogens with zero attached hydrogens (tertiary/aromatic N) is 3. The van der Waals surface area contributed by atoms with E-state index in [-0.39, 0.29) is 5.91 Å². The Balaban J connectivity index is 1.59. The minimum Gasteiger partial charge on any atom is -0.493 e. The van der Waals surface area contributed by atoms with Gasteiger partial charge < -0.3 is 14.4 Å². The van der Waals surface area contributed by atoms with Crippen molar-refractivity contribution in [1.29, 1.82) is 0 Å². The number of ether oxygens (including phenoxy) is 2. The highest BCUT2D eigenvalue weighted by Crippen LogP contribution is 2.33. The van der Waals surface area contributed by atoms with E-state index in [1.54, 1.807) is 20.3 Å². The van der Waals surface area contributed by atoms with Crippen molar-refractivity contribution >= 4 is 5.91 Å². The van der Waals surface area contributed by atoms with Gasteiger partial charge in [0.05, 0.1) is 19.9 Å². The molecule has 1 amide bonds. The average molecular weight is 375 g/mol. The number of methoxy groups -OCH3 is 2. The van der Waals surface area contributed by atoms with Crippen molar-refractivity contribution in [2.75, 3.05) is 20.8 Å². The number of carbonyl (C=O) groups excluding carboxylic acids is 1. The van der Waals surface area contributed by atoms with Crippen LogP contribution in [0.1, 0.15) is 21.6 Å². The topological polar surface area (TPSA) is 64.6 Å². The van der Waals surface area contributed by atoms with Crippen LogP contribution in [0.2, 0.25) is 0 Å². The first-order chi connectivity index (χ1) is 13.7. The Morgan fingerprint density at radius 1 is 0.964 bits per heavy atom. The first-order valence-corrected chi connectivity index (χ1v) is 9.10. The van der Waals surface area contributed by atoms with Gasteiger partial charge in [0.2, 0.25) is 0 Å². The van der Waals surface area contributed by atoms with Gasteiger partial charge in [-0.15, -0.1) is 0 Å². The molecule has 0 saturated carbocycles. The third-order valence-corrected chi connectivity index (χ3v) is 4.96. The summed E-state index contributed by atoms with van der Waals surface area (Å²) in [7, 11) is 3.24. The van der Waals surface area contributed by atoms with E-state index in [9.17, 15) is 4.79 Å². The standard InChI is InChI=1S/C22H21N3O3/c1-27-20-10-16-8-9-25(13-17(16)11-21(20)28-2)22(26)19-12-18(23-14-24-19)15-6-4-3-5-7-15/h3-7,10-12,14H,8-9,13H2,1-2H3. The quantitative estimate of drug-likeness (QED) is 0.700. The molecule has 0 aliphatic carbocycles. The van der Waals surface area contributed by atoms with Crippen LogP contribution >= 0.6 is 0 Å². The summed E-state index contributed by atoms with van der Waals surface area (Å²) in [6.07, 6.45) is 2.21. The molecule has 142 valence electrons. The number of aromatic nitrogens is 2. The number of rotatable bonds is 4.